The number of aryl methyl sites for hydroxylation is 2. The molecule has 5 heteroatoms. The average Bonchev–Trinajstić information content (AvgIpc) is 2.68. The molecule has 0 bridgehead atoms. The number of aromatic carboxylic acids is 2. The minimum Gasteiger partial charge on any atom is -0.545 e. The summed E-state index contributed by atoms with van der Waals surface area (Å²) in [5.41, 5.74) is 1.64. The molecule has 0 saturated heterocycles. The van der Waals surface area contributed by atoms with Gasteiger partial charge in [-0.25, -0.2) is 0 Å². The molecule has 1 aromatic carbocycles. The van der Waals surface area contributed by atoms with Gasteiger partial charge in [-0.15, -0.1) is 0 Å². The third-order valence-electron chi connectivity index (χ3n) is 2.97. The van der Waals surface area contributed by atoms with Crippen LogP contribution in [0.4, 0.5) is 0 Å². The van der Waals surface area contributed by atoms with Crippen molar-refractivity contribution in [1.29, 1.82) is 0 Å². The summed E-state index contributed by atoms with van der Waals surface area (Å²) in [4.78, 5) is 21.9. The van der Waals surface area contributed by atoms with Crippen LogP contribution in [0.5, 0.6) is 0 Å². The van der Waals surface area contributed by atoms with Gasteiger partial charge in [-0.2, -0.15) is 0 Å². The van der Waals surface area contributed by atoms with E-state index in [9.17, 15) is 19.8 Å². The first-order valence-electron chi connectivity index (χ1n) is 5.64. The Kier molecular flexibility index (Phi) is 3.12. The lowest BCUT2D eigenvalue weighted by Gasteiger charge is -2.15. The maximum absolute atomic E-state index is 11.0. The number of carboxylic acid groups (broad SMARTS) is 2. The van der Waals surface area contributed by atoms with Crippen molar-refractivity contribution in [2.24, 2.45) is 0 Å². The number of carbonyl (C=O) groups is 2. The van der Waals surface area contributed by atoms with Crippen molar-refractivity contribution in [3.05, 3.63) is 52.8 Å². The average molecular weight is 257 g/mol. The van der Waals surface area contributed by atoms with Crippen LogP contribution in [0.3, 0.4) is 0 Å². The number of aromatic nitrogens is 1. The van der Waals surface area contributed by atoms with Crippen molar-refractivity contribution in [3.63, 3.8) is 0 Å². The molecular weight excluding hydrogens is 246 g/mol. The zero-order valence-corrected chi connectivity index (χ0v) is 10.5. The Morgan fingerprint density at radius 1 is 0.895 bits per heavy atom. The molecule has 0 fully saturated rings. The fourth-order valence-electron chi connectivity index (χ4n) is 2.09. The molecular formula is C14H11NO4-2. The molecule has 1 heterocycles. The van der Waals surface area contributed by atoms with Crippen molar-refractivity contribution in [3.8, 4) is 5.69 Å². The van der Waals surface area contributed by atoms with Crippen LogP contribution in [-0.4, -0.2) is 16.5 Å². The number of hydrogen-bond acceptors (Lipinski definition) is 4. The maximum Gasteiger partial charge on any atom is 0.0722 e. The smallest absolute Gasteiger partial charge is 0.0722 e. The van der Waals surface area contributed by atoms with Crippen molar-refractivity contribution < 1.29 is 19.8 Å². The highest BCUT2D eigenvalue weighted by atomic mass is 16.4. The number of hydrogen-bond donors (Lipinski definition) is 0. The van der Waals surface area contributed by atoms with E-state index in [1.54, 1.807) is 0 Å². The number of carboxylic acids is 2. The first-order valence-corrected chi connectivity index (χ1v) is 5.64. The molecule has 0 amide bonds. The van der Waals surface area contributed by atoms with Crippen molar-refractivity contribution in [2.75, 3.05) is 0 Å². The third-order valence-corrected chi connectivity index (χ3v) is 2.97. The number of carbonyl (C=O) groups excluding carboxylic acids is 2. The summed E-state index contributed by atoms with van der Waals surface area (Å²) in [6, 6.07) is 7.81. The molecule has 98 valence electrons. The highest BCUT2D eigenvalue weighted by molar-refractivity contribution is 6.00. The molecule has 0 aliphatic carbocycles. The molecule has 2 aromatic rings. The summed E-state index contributed by atoms with van der Waals surface area (Å²) in [5, 5.41) is 21.9. The predicted molar refractivity (Wildman–Crippen MR) is 63.9 cm³/mol. The van der Waals surface area contributed by atoms with Crippen LogP contribution in [0.1, 0.15) is 32.1 Å². The molecule has 0 radical (unpaired) electrons. The van der Waals surface area contributed by atoms with E-state index in [-0.39, 0.29) is 11.1 Å². The van der Waals surface area contributed by atoms with Gasteiger partial charge in [0.25, 0.3) is 0 Å². The Labute approximate surface area is 109 Å². The van der Waals surface area contributed by atoms with Crippen LogP contribution >= 0.6 is 0 Å². The van der Waals surface area contributed by atoms with E-state index < -0.39 is 11.9 Å². The lowest BCUT2D eigenvalue weighted by Crippen LogP contribution is -2.30. The fourth-order valence-corrected chi connectivity index (χ4v) is 2.09. The SMILES string of the molecule is Cc1ccc(C)n1-c1ccc(C(=O)[O-])c(C(=O)[O-])c1. The minimum atomic E-state index is -1.54. The van der Waals surface area contributed by atoms with Crippen LogP contribution in [0.25, 0.3) is 5.69 Å². The quantitative estimate of drug-likeness (QED) is 0.763. The zero-order chi connectivity index (χ0) is 14.2. The second-order valence-corrected chi connectivity index (χ2v) is 4.26. The minimum absolute atomic E-state index is 0.383. The molecule has 0 N–H and O–H groups in total. The summed E-state index contributed by atoms with van der Waals surface area (Å²) in [6.07, 6.45) is 0. The molecule has 0 unspecified atom stereocenters. The highest BCUT2D eigenvalue weighted by Crippen LogP contribution is 2.19. The first kappa shape index (κ1) is 12.9. The summed E-state index contributed by atoms with van der Waals surface area (Å²) >= 11 is 0. The molecule has 0 aliphatic rings. The summed E-state index contributed by atoms with van der Waals surface area (Å²) in [7, 11) is 0. The molecule has 0 atom stereocenters. The number of rotatable bonds is 3. The van der Waals surface area contributed by atoms with Gasteiger partial charge in [0.15, 0.2) is 0 Å². The van der Waals surface area contributed by atoms with Crippen LogP contribution < -0.4 is 10.2 Å². The van der Waals surface area contributed by atoms with Crippen LogP contribution in [0, 0.1) is 13.8 Å². The Morgan fingerprint density at radius 2 is 1.42 bits per heavy atom. The van der Waals surface area contributed by atoms with Gasteiger partial charge in [0, 0.05) is 28.2 Å². The number of nitrogens with zero attached hydrogens (tertiary/aromatic N) is 1. The van der Waals surface area contributed by atoms with Crippen LogP contribution in [0.15, 0.2) is 30.3 Å². The van der Waals surface area contributed by atoms with Gasteiger partial charge in [0.1, 0.15) is 0 Å². The lowest BCUT2D eigenvalue weighted by atomic mass is 10.1. The van der Waals surface area contributed by atoms with Gasteiger partial charge in [-0.1, -0.05) is 6.07 Å². The van der Waals surface area contributed by atoms with E-state index in [1.807, 2.05) is 30.5 Å². The standard InChI is InChI=1S/C14H13NO4/c1-8-3-4-9(2)15(8)10-5-6-11(13(16)17)12(7-10)14(18)19/h3-7H,1-2H3,(H,16,17)(H,18,19)/p-2. The highest BCUT2D eigenvalue weighted by Gasteiger charge is 2.09. The van der Waals surface area contributed by atoms with Gasteiger partial charge >= 0.3 is 0 Å². The largest absolute Gasteiger partial charge is 0.545 e. The molecule has 5 nitrogen and oxygen atoms in total. The molecule has 0 aliphatic heterocycles. The van der Waals surface area contributed by atoms with Crippen molar-refractivity contribution >= 4 is 11.9 Å². The van der Waals surface area contributed by atoms with Gasteiger partial charge in [-0.3, -0.25) is 0 Å². The monoisotopic (exact) mass is 257 g/mol. The molecule has 19 heavy (non-hydrogen) atoms. The predicted octanol–water partition coefficient (Wildman–Crippen LogP) is -0.179. The van der Waals surface area contributed by atoms with Gasteiger partial charge < -0.3 is 24.4 Å². The molecule has 0 spiro atoms. The van der Waals surface area contributed by atoms with E-state index >= 15 is 0 Å². The third kappa shape index (κ3) is 2.22. The van der Waals surface area contributed by atoms with Crippen LogP contribution in [0.2, 0.25) is 0 Å². The second-order valence-electron chi connectivity index (χ2n) is 4.26. The maximum atomic E-state index is 11.0. The second kappa shape index (κ2) is 4.61. The fraction of sp³-hybridized carbons (Fsp3) is 0.143. The summed E-state index contributed by atoms with van der Waals surface area (Å²) in [5.74, 6) is -3.07. The Morgan fingerprint density at radius 3 is 1.89 bits per heavy atom. The van der Waals surface area contributed by atoms with Gasteiger partial charge in [-0.05, 0) is 38.1 Å². The van der Waals surface area contributed by atoms with E-state index in [2.05, 4.69) is 0 Å². The molecule has 2 rings (SSSR count). The number of benzene rings is 1. The Hall–Kier alpha value is -2.56. The van der Waals surface area contributed by atoms with Crippen LogP contribution in [-0.2, 0) is 0 Å². The van der Waals surface area contributed by atoms with E-state index in [0.29, 0.717) is 5.69 Å². The van der Waals surface area contributed by atoms with E-state index in [1.165, 1.54) is 18.2 Å². The molecule has 0 saturated carbocycles. The molecule has 1 aromatic heterocycles. The Bertz CT molecular complexity index is 651. The van der Waals surface area contributed by atoms with Crippen molar-refractivity contribution in [1.82, 2.24) is 4.57 Å². The van der Waals surface area contributed by atoms with E-state index in [4.69, 9.17) is 0 Å². The van der Waals surface area contributed by atoms with E-state index in [0.717, 1.165) is 11.4 Å². The first-order chi connectivity index (χ1) is 8.91. The topological polar surface area (TPSA) is 85.2 Å². The summed E-state index contributed by atoms with van der Waals surface area (Å²) in [6.45, 7) is 3.75. The Balaban J connectivity index is 2.65. The van der Waals surface area contributed by atoms with Gasteiger partial charge in [0.2, 0.25) is 0 Å². The van der Waals surface area contributed by atoms with Gasteiger partial charge in [0.05, 0.1) is 11.9 Å². The normalized spacial score (nSPS) is 10.4. The summed E-state index contributed by atoms with van der Waals surface area (Å²) < 4.78 is 1.82. The zero-order valence-electron chi connectivity index (χ0n) is 10.5. The lowest BCUT2D eigenvalue weighted by molar-refractivity contribution is -0.259. The van der Waals surface area contributed by atoms with Crippen molar-refractivity contribution in [2.45, 2.75) is 13.8 Å².